The van der Waals surface area contributed by atoms with Gasteiger partial charge in [0.05, 0.1) is 0 Å². The second kappa shape index (κ2) is 8.81. The van der Waals surface area contributed by atoms with E-state index in [0.29, 0.717) is 0 Å². The molecule has 0 unspecified atom stereocenters. The molecule has 0 radical (unpaired) electrons. The number of rotatable bonds is 2. The maximum atomic E-state index is 4.94. The van der Waals surface area contributed by atoms with Gasteiger partial charge in [-0.3, -0.25) is 0 Å². The summed E-state index contributed by atoms with van der Waals surface area (Å²) in [6, 6.07) is 4.44. The molecule has 0 aliphatic rings. The van der Waals surface area contributed by atoms with Crippen LogP contribution in [0.2, 0.25) is 0 Å². The van der Waals surface area contributed by atoms with E-state index >= 15 is 0 Å². The van der Waals surface area contributed by atoms with Gasteiger partial charge in [0.25, 0.3) is 0 Å². The van der Waals surface area contributed by atoms with E-state index in [-0.39, 0.29) is 57.6 Å². The van der Waals surface area contributed by atoms with Crippen molar-refractivity contribution in [2.45, 2.75) is 66.5 Å². The van der Waals surface area contributed by atoms with E-state index in [1.54, 1.807) is 0 Å². The van der Waals surface area contributed by atoms with Crippen molar-refractivity contribution in [2.24, 2.45) is 0 Å². The SMILES string of the molecule is Cc1ccc(C(C)(C)[N-]C(C)(C)C)c(C)c1C.Cl.Cl.[Ti]. The molecule has 20 heavy (non-hydrogen) atoms. The van der Waals surface area contributed by atoms with E-state index < -0.39 is 0 Å². The number of benzene rings is 1. The molecule has 0 N–H and O–H groups in total. The maximum absolute atomic E-state index is 4.94. The summed E-state index contributed by atoms with van der Waals surface area (Å²) in [5.74, 6) is 0. The second-order valence-electron chi connectivity index (χ2n) is 6.52. The fourth-order valence-corrected chi connectivity index (χ4v) is 2.52. The van der Waals surface area contributed by atoms with Gasteiger partial charge in [0.1, 0.15) is 0 Å². The molecule has 0 saturated carbocycles. The second-order valence-corrected chi connectivity index (χ2v) is 6.52. The molecule has 0 aliphatic heterocycles. The average molecular weight is 353 g/mol. The molecule has 0 amide bonds. The number of halogens is 2. The molecule has 0 aromatic heterocycles. The van der Waals surface area contributed by atoms with Crippen LogP contribution in [0.25, 0.3) is 5.32 Å². The van der Waals surface area contributed by atoms with Crippen LogP contribution in [0.15, 0.2) is 12.1 Å². The van der Waals surface area contributed by atoms with Crippen molar-refractivity contribution in [1.82, 2.24) is 0 Å². The predicted octanol–water partition coefficient (Wildman–Crippen LogP) is 5.86. The third-order valence-corrected chi connectivity index (χ3v) is 3.33. The topological polar surface area (TPSA) is 14.1 Å². The van der Waals surface area contributed by atoms with Crippen LogP contribution >= 0.6 is 24.8 Å². The summed E-state index contributed by atoms with van der Waals surface area (Å²) in [7, 11) is 0. The van der Waals surface area contributed by atoms with Crippen LogP contribution in [-0.4, -0.2) is 5.54 Å². The number of hydrogen-bond acceptors (Lipinski definition) is 0. The Bertz CT molecular complexity index is 423. The summed E-state index contributed by atoms with van der Waals surface area (Å²) in [5.41, 5.74) is 5.34. The number of aryl methyl sites for hydroxylation is 1. The fraction of sp³-hybridized carbons (Fsp3) is 0.625. The normalized spacial score (nSPS) is 11.0. The molecule has 4 heteroatoms. The molecule has 116 valence electrons. The largest absolute Gasteiger partial charge is 0.649 e. The van der Waals surface area contributed by atoms with Gasteiger partial charge in [0.2, 0.25) is 0 Å². The Balaban J connectivity index is -0.000000963. The first-order valence-corrected chi connectivity index (χ1v) is 6.36. The molecule has 0 spiro atoms. The van der Waals surface area contributed by atoms with Gasteiger partial charge in [-0.25, -0.2) is 0 Å². The molecular weight excluding hydrogens is 325 g/mol. The predicted molar refractivity (Wildman–Crippen MR) is 91.3 cm³/mol. The molecule has 0 bridgehead atoms. The van der Waals surface area contributed by atoms with Crippen molar-refractivity contribution in [2.75, 3.05) is 0 Å². The van der Waals surface area contributed by atoms with Gasteiger partial charge >= 0.3 is 0 Å². The third kappa shape index (κ3) is 6.49. The van der Waals surface area contributed by atoms with Crippen molar-refractivity contribution in [3.05, 3.63) is 39.7 Å². The van der Waals surface area contributed by atoms with Crippen molar-refractivity contribution in [3.63, 3.8) is 0 Å². The van der Waals surface area contributed by atoms with Crippen molar-refractivity contribution >= 4 is 24.8 Å². The molecule has 0 aliphatic carbocycles. The van der Waals surface area contributed by atoms with E-state index in [9.17, 15) is 0 Å². The van der Waals surface area contributed by atoms with E-state index in [1.807, 2.05) is 0 Å². The molecule has 1 aromatic rings. The Morgan fingerprint density at radius 2 is 1.25 bits per heavy atom. The van der Waals surface area contributed by atoms with Gasteiger partial charge in [-0.1, -0.05) is 52.3 Å². The third-order valence-electron chi connectivity index (χ3n) is 3.33. The standard InChI is InChI=1S/C16H26N.2ClH.Ti/c1-11-9-10-14(13(3)12(11)2)16(7,8)17-15(4,5)6;;;/h9-10H,1-8H3;2*1H;/q-1;;;. The quantitative estimate of drug-likeness (QED) is 0.591. The smallest absolute Gasteiger partial charge is 0 e. The van der Waals surface area contributed by atoms with Gasteiger partial charge in [-0.05, 0) is 37.5 Å². The Morgan fingerprint density at radius 1 is 0.800 bits per heavy atom. The molecule has 1 aromatic carbocycles. The molecule has 0 fully saturated rings. The van der Waals surface area contributed by atoms with Crippen molar-refractivity contribution < 1.29 is 21.7 Å². The zero-order valence-electron chi connectivity index (χ0n) is 13.9. The first kappa shape index (κ1) is 25.4. The molecule has 1 nitrogen and oxygen atoms in total. The molecular formula is C16H28Cl2NTi-. The minimum atomic E-state index is -0.124. The van der Waals surface area contributed by atoms with Gasteiger partial charge in [0.15, 0.2) is 0 Å². The molecule has 0 saturated heterocycles. The minimum absolute atomic E-state index is 0. The Hall–Kier alpha value is 0.474. The first-order valence-electron chi connectivity index (χ1n) is 6.36. The molecule has 0 atom stereocenters. The van der Waals surface area contributed by atoms with Gasteiger partial charge in [0, 0.05) is 21.7 Å². The monoisotopic (exact) mass is 352 g/mol. The first-order chi connectivity index (χ1) is 7.54. The van der Waals surface area contributed by atoms with Crippen LogP contribution in [0.5, 0.6) is 0 Å². The van der Waals surface area contributed by atoms with Crippen molar-refractivity contribution in [1.29, 1.82) is 0 Å². The summed E-state index contributed by atoms with van der Waals surface area (Å²) in [5, 5.41) is 4.94. The zero-order chi connectivity index (χ0) is 13.4. The van der Waals surface area contributed by atoms with E-state index in [0.717, 1.165) is 0 Å². The number of nitrogens with zero attached hydrogens (tertiary/aromatic N) is 1. The van der Waals surface area contributed by atoms with Crippen LogP contribution in [0, 0.1) is 20.8 Å². The summed E-state index contributed by atoms with van der Waals surface area (Å²) in [6.07, 6.45) is 0. The van der Waals surface area contributed by atoms with E-state index in [2.05, 4.69) is 67.5 Å². The van der Waals surface area contributed by atoms with Crippen LogP contribution in [0.4, 0.5) is 0 Å². The summed E-state index contributed by atoms with van der Waals surface area (Å²) in [6.45, 7) is 17.4. The minimum Gasteiger partial charge on any atom is -0.649 e. The molecule has 0 heterocycles. The summed E-state index contributed by atoms with van der Waals surface area (Å²) < 4.78 is 0. The van der Waals surface area contributed by atoms with Crippen LogP contribution < -0.4 is 0 Å². The Labute approximate surface area is 152 Å². The van der Waals surface area contributed by atoms with Gasteiger partial charge in [-0.15, -0.1) is 35.9 Å². The number of hydrogen-bond donors (Lipinski definition) is 0. The summed E-state index contributed by atoms with van der Waals surface area (Å²) in [4.78, 5) is 0. The average Bonchev–Trinajstić information content (AvgIpc) is 2.09. The fourth-order valence-electron chi connectivity index (χ4n) is 2.52. The Kier molecular flexibility index (Phi) is 11.2. The van der Waals surface area contributed by atoms with E-state index in [1.165, 1.54) is 22.3 Å². The van der Waals surface area contributed by atoms with Gasteiger partial charge < -0.3 is 5.32 Å². The van der Waals surface area contributed by atoms with Crippen LogP contribution in [0.3, 0.4) is 0 Å². The maximum Gasteiger partial charge on any atom is 0 e. The summed E-state index contributed by atoms with van der Waals surface area (Å²) >= 11 is 0. The Morgan fingerprint density at radius 3 is 1.65 bits per heavy atom. The molecule has 1 rings (SSSR count). The van der Waals surface area contributed by atoms with Crippen LogP contribution in [-0.2, 0) is 27.3 Å². The van der Waals surface area contributed by atoms with Crippen LogP contribution in [0.1, 0.15) is 56.9 Å². The zero-order valence-corrected chi connectivity index (χ0v) is 17.1. The van der Waals surface area contributed by atoms with Gasteiger partial charge in [-0.2, -0.15) is 0 Å². The van der Waals surface area contributed by atoms with Crippen molar-refractivity contribution in [3.8, 4) is 0 Å². The van der Waals surface area contributed by atoms with E-state index in [4.69, 9.17) is 5.32 Å².